The molecule has 0 fully saturated rings. The molecule has 1 aliphatic heterocycles. The summed E-state index contributed by atoms with van der Waals surface area (Å²) in [6.07, 6.45) is 3.15. The Labute approximate surface area is 147 Å². The molecule has 2 heterocycles. The predicted molar refractivity (Wildman–Crippen MR) is 101 cm³/mol. The molecular formula is C21H24N2O2. The Morgan fingerprint density at radius 3 is 2.72 bits per heavy atom. The van der Waals surface area contributed by atoms with Gasteiger partial charge in [-0.25, -0.2) is 0 Å². The van der Waals surface area contributed by atoms with Crippen LogP contribution in [0.4, 0.5) is 0 Å². The topological polar surface area (TPSA) is 60.3 Å². The zero-order valence-electron chi connectivity index (χ0n) is 14.8. The van der Waals surface area contributed by atoms with E-state index in [0.29, 0.717) is 6.79 Å². The standard InChI is InChI=1S/C21H24N2O2/c1-13-9-14(2)20-16(5-3-4-8-22)21(23-17(20)10-13)15-6-7-18-19(11-15)25-12-24-18/h6-7,9-11,23H,3-5,8,12,22H2,1-2H3. The van der Waals surface area contributed by atoms with Gasteiger partial charge in [-0.05, 0) is 80.6 Å². The number of aryl methyl sites for hydroxylation is 3. The van der Waals surface area contributed by atoms with E-state index < -0.39 is 0 Å². The molecule has 130 valence electrons. The molecule has 0 amide bonds. The van der Waals surface area contributed by atoms with Crippen molar-refractivity contribution in [3.05, 3.63) is 47.0 Å². The summed E-state index contributed by atoms with van der Waals surface area (Å²) < 4.78 is 11.0. The van der Waals surface area contributed by atoms with E-state index in [4.69, 9.17) is 15.2 Å². The summed E-state index contributed by atoms with van der Waals surface area (Å²) in [6, 6.07) is 10.6. The van der Waals surface area contributed by atoms with Gasteiger partial charge in [-0.2, -0.15) is 0 Å². The smallest absolute Gasteiger partial charge is 0.231 e. The zero-order chi connectivity index (χ0) is 17.4. The molecule has 25 heavy (non-hydrogen) atoms. The van der Waals surface area contributed by atoms with E-state index in [9.17, 15) is 0 Å². The fourth-order valence-corrected chi connectivity index (χ4v) is 3.80. The van der Waals surface area contributed by atoms with E-state index >= 15 is 0 Å². The number of unbranched alkanes of at least 4 members (excludes halogenated alkanes) is 1. The molecule has 0 saturated carbocycles. The molecule has 0 saturated heterocycles. The molecule has 2 aromatic carbocycles. The van der Waals surface area contributed by atoms with Crippen LogP contribution in [0.2, 0.25) is 0 Å². The van der Waals surface area contributed by atoms with Crippen LogP contribution in [0.25, 0.3) is 22.2 Å². The lowest BCUT2D eigenvalue weighted by atomic mass is 9.97. The number of nitrogens with one attached hydrogen (secondary N) is 1. The molecule has 3 N–H and O–H groups in total. The van der Waals surface area contributed by atoms with Crippen LogP contribution in [0, 0.1) is 13.8 Å². The Hall–Kier alpha value is -2.46. The number of H-pyrrole nitrogens is 1. The van der Waals surface area contributed by atoms with Gasteiger partial charge in [0, 0.05) is 22.2 Å². The van der Waals surface area contributed by atoms with Gasteiger partial charge in [-0.3, -0.25) is 0 Å². The highest BCUT2D eigenvalue weighted by Crippen LogP contribution is 2.39. The number of fused-ring (bicyclic) bond motifs is 2. The number of hydrogen-bond donors (Lipinski definition) is 2. The van der Waals surface area contributed by atoms with Crippen molar-refractivity contribution in [2.24, 2.45) is 5.73 Å². The second kappa shape index (κ2) is 6.45. The molecule has 3 aromatic rings. The van der Waals surface area contributed by atoms with E-state index in [-0.39, 0.29) is 0 Å². The fraction of sp³-hybridized carbons (Fsp3) is 0.333. The first-order valence-electron chi connectivity index (χ1n) is 8.89. The van der Waals surface area contributed by atoms with Gasteiger partial charge in [0.05, 0.1) is 0 Å². The van der Waals surface area contributed by atoms with Crippen LogP contribution in [-0.4, -0.2) is 18.3 Å². The normalized spacial score (nSPS) is 12.9. The Bertz CT molecular complexity index is 927. The molecule has 1 aromatic heterocycles. The van der Waals surface area contributed by atoms with Crippen LogP contribution in [0.5, 0.6) is 11.5 Å². The minimum atomic E-state index is 0.299. The van der Waals surface area contributed by atoms with E-state index in [1.165, 1.54) is 33.3 Å². The molecule has 4 nitrogen and oxygen atoms in total. The van der Waals surface area contributed by atoms with Crippen LogP contribution in [0.1, 0.15) is 29.5 Å². The van der Waals surface area contributed by atoms with Crippen molar-refractivity contribution in [3.63, 3.8) is 0 Å². The number of rotatable bonds is 5. The summed E-state index contributed by atoms with van der Waals surface area (Å²) in [7, 11) is 0. The van der Waals surface area contributed by atoms with Gasteiger partial charge in [0.2, 0.25) is 6.79 Å². The lowest BCUT2D eigenvalue weighted by Crippen LogP contribution is -1.99. The molecule has 1 aliphatic rings. The summed E-state index contributed by atoms with van der Waals surface area (Å²) in [5.74, 6) is 1.63. The second-order valence-corrected chi connectivity index (χ2v) is 6.80. The number of benzene rings is 2. The number of ether oxygens (including phenoxy) is 2. The summed E-state index contributed by atoms with van der Waals surface area (Å²) in [6.45, 7) is 5.37. The third-order valence-electron chi connectivity index (χ3n) is 4.89. The van der Waals surface area contributed by atoms with E-state index in [1.54, 1.807) is 0 Å². The molecule has 4 rings (SSSR count). The largest absolute Gasteiger partial charge is 0.454 e. The summed E-state index contributed by atoms with van der Waals surface area (Å²) in [5.41, 5.74) is 13.2. The maximum Gasteiger partial charge on any atom is 0.231 e. The van der Waals surface area contributed by atoms with Gasteiger partial charge in [-0.1, -0.05) is 6.07 Å². The molecular weight excluding hydrogens is 312 g/mol. The van der Waals surface area contributed by atoms with E-state index in [0.717, 1.165) is 42.9 Å². The Balaban J connectivity index is 1.86. The van der Waals surface area contributed by atoms with Crippen molar-refractivity contribution < 1.29 is 9.47 Å². The molecule has 0 bridgehead atoms. The first-order chi connectivity index (χ1) is 12.2. The van der Waals surface area contributed by atoms with Gasteiger partial charge >= 0.3 is 0 Å². The zero-order valence-corrected chi connectivity index (χ0v) is 14.8. The Kier molecular flexibility index (Phi) is 4.14. The van der Waals surface area contributed by atoms with Gasteiger partial charge in [-0.15, -0.1) is 0 Å². The van der Waals surface area contributed by atoms with Gasteiger partial charge < -0.3 is 20.2 Å². The Morgan fingerprint density at radius 2 is 1.88 bits per heavy atom. The SMILES string of the molecule is Cc1cc(C)c2c(CCCCN)c(-c3ccc4c(c3)OCO4)[nH]c2c1. The van der Waals surface area contributed by atoms with Crippen LogP contribution in [0.3, 0.4) is 0 Å². The highest BCUT2D eigenvalue weighted by molar-refractivity contribution is 5.94. The average Bonchev–Trinajstić information content (AvgIpc) is 3.18. The highest BCUT2D eigenvalue weighted by Gasteiger charge is 2.19. The van der Waals surface area contributed by atoms with Gasteiger partial charge in [0.25, 0.3) is 0 Å². The molecule has 0 radical (unpaired) electrons. The summed E-state index contributed by atoms with van der Waals surface area (Å²) in [5, 5.41) is 1.34. The lowest BCUT2D eigenvalue weighted by Gasteiger charge is -2.07. The number of hydrogen-bond acceptors (Lipinski definition) is 3. The molecule has 0 aliphatic carbocycles. The summed E-state index contributed by atoms with van der Waals surface area (Å²) in [4.78, 5) is 3.65. The van der Waals surface area contributed by atoms with Crippen LogP contribution >= 0.6 is 0 Å². The first kappa shape index (κ1) is 16.0. The third kappa shape index (κ3) is 2.87. The van der Waals surface area contributed by atoms with E-state index in [2.05, 4.69) is 43.1 Å². The highest BCUT2D eigenvalue weighted by atomic mass is 16.7. The number of nitrogens with two attached hydrogens (primary N) is 1. The molecule has 0 unspecified atom stereocenters. The molecule has 0 spiro atoms. The van der Waals surface area contributed by atoms with Crippen LogP contribution in [-0.2, 0) is 6.42 Å². The predicted octanol–water partition coefficient (Wildman–Crippen LogP) is 4.46. The van der Waals surface area contributed by atoms with Crippen LogP contribution < -0.4 is 15.2 Å². The molecule has 4 heteroatoms. The minimum absolute atomic E-state index is 0.299. The lowest BCUT2D eigenvalue weighted by molar-refractivity contribution is 0.174. The van der Waals surface area contributed by atoms with Gasteiger partial charge in [0.1, 0.15) is 0 Å². The monoisotopic (exact) mass is 336 g/mol. The quantitative estimate of drug-likeness (QED) is 0.676. The van der Waals surface area contributed by atoms with Crippen molar-refractivity contribution in [1.82, 2.24) is 4.98 Å². The Morgan fingerprint density at radius 1 is 1.04 bits per heavy atom. The van der Waals surface area contributed by atoms with Crippen molar-refractivity contribution >= 4 is 10.9 Å². The second-order valence-electron chi connectivity index (χ2n) is 6.80. The van der Waals surface area contributed by atoms with Crippen LogP contribution in [0.15, 0.2) is 30.3 Å². The average molecular weight is 336 g/mol. The fourth-order valence-electron chi connectivity index (χ4n) is 3.80. The first-order valence-corrected chi connectivity index (χ1v) is 8.89. The van der Waals surface area contributed by atoms with Gasteiger partial charge in [0.15, 0.2) is 11.5 Å². The maximum absolute atomic E-state index is 5.70. The number of aromatic amines is 1. The maximum atomic E-state index is 5.70. The third-order valence-corrected chi connectivity index (χ3v) is 4.89. The van der Waals surface area contributed by atoms with Crippen molar-refractivity contribution in [3.8, 4) is 22.8 Å². The van der Waals surface area contributed by atoms with Crippen molar-refractivity contribution in [2.75, 3.05) is 13.3 Å². The van der Waals surface area contributed by atoms with E-state index in [1.807, 2.05) is 6.07 Å². The minimum Gasteiger partial charge on any atom is -0.454 e. The molecule has 0 atom stereocenters. The summed E-state index contributed by atoms with van der Waals surface area (Å²) >= 11 is 0. The number of aromatic nitrogens is 1. The van der Waals surface area contributed by atoms with Crippen molar-refractivity contribution in [1.29, 1.82) is 0 Å². The van der Waals surface area contributed by atoms with Crippen molar-refractivity contribution in [2.45, 2.75) is 33.1 Å².